The summed E-state index contributed by atoms with van der Waals surface area (Å²) in [5, 5.41) is 0.972. The van der Waals surface area contributed by atoms with E-state index in [1.165, 1.54) is 0 Å². The Labute approximate surface area is 109 Å². The first-order chi connectivity index (χ1) is 8.08. The summed E-state index contributed by atoms with van der Waals surface area (Å²) >= 11 is 11.7. The van der Waals surface area contributed by atoms with Crippen LogP contribution in [0.3, 0.4) is 0 Å². The molecule has 0 aliphatic carbocycles. The molecule has 2 nitrogen and oxygen atoms in total. The number of benzene rings is 2. The van der Waals surface area contributed by atoms with Crippen LogP contribution in [0.5, 0.6) is 0 Å². The number of carbonyl (C=O) groups is 1. The molecule has 2 N–H and O–H groups in total. The molecule has 86 valence electrons. The summed E-state index contributed by atoms with van der Waals surface area (Å²) in [6.07, 6.45) is 0. The normalized spacial score (nSPS) is 10.2. The summed E-state index contributed by atoms with van der Waals surface area (Å²) in [5.41, 5.74) is 7.07. The molecule has 0 radical (unpaired) electrons. The molecule has 0 saturated carbocycles. The van der Waals surface area contributed by atoms with E-state index in [9.17, 15) is 4.79 Å². The molecule has 0 aromatic heterocycles. The highest BCUT2D eigenvalue weighted by molar-refractivity contribution is 6.35. The van der Waals surface area contributed by atoms with Crippen LogP contribution in [0.15, 0.2) is 42.5 Å². The average Bonchev–Trinajstić information content (AvgIpc) is 2.32. The number of hydrogen-bond donors (Lipinski definition) is 1. The number of ketones is 1. The zero-order chi connectivity index (χ0) is 12.4. The lowest BCUT2D eigenvalue weighted by molar-refractivity contribution is 0.103. The van der Waals surface area contributed by atoms with Gasteiger partial charge in [0.25, 0.3) is 0 Å². The Balaban J connectivity index is 2.43. The van der Waals surface area contributed by atoms with Gasteiger partial charge in [0.2, 0.25) is 0 Å². The van der Waals surface area contributed by atoms with Crippen molar-refractivity contribution in [2.45, 2.75) is 0 Å². The minimum Gasteiger partial charge on any atom is -0.399 e. The number of carbonyl (C=O) groups excluding carboxylic acids is 1. The van der Waals surface area contributed by atoms with E-state index in [4.69, 9.17) is 28.9 Å². The smallest absolute Gasteiger partial charge is 0.194 e. The summed E-state index contributed by atoms with van der Waals surface area (Å²) in [7, 11) is 0. The van der Waals surface area contributed by atoms with Gasteiger partial charge in [-0.1, -0.05) is 23.2 Å². The van der Waals surface area contributed by atoms with Crippen molar-refractivity contribution in [3.8, 4) is 0 Å². The molecule has 17 heavy (non-hydrogen) atoms. The topological polar surface area (TPSA) is 43.1 Å². The Bertz CT molecular complexity index is 564. The second-order valence-corrected chi connectivity index (χ2v) is 4.42. The molecular weight excluding hydrogens is 257 g/mol. The van der Waals surface area contributed by atoms with Crippen molar-refractivity contribution < 1.29 is 4.79 Å². The monoisotopic (exact) mass is 265 g/mol. The van der Waals surface area contributed by atoms with Gasteiger partial charge in [0, 0.05) is 21.8 Å². The van der Waals surface area contributed by atoms with Crippen molar-refractivity contribution in [3.05, 3.63) is 63.6 Å². The summed E-state index contributed by atoms with van der Waals surface area (Å²) in [5.74, 6) is -0.168. The molecule has 4 heteroatoms. The molecule has 0 bridgehead atoms. The van der Waals surface area contributed by atoms with Gasteiger partial charge in [0.05, 0.1) is 5.02 Å². The highest BCUT2D eigenvalue weighted by atomic mass is 35.5. The Morgan fingerprint density at radius 1 is 1.00 bits per heavy atom. The predicted octanol–water partition coefficient (Wildman–Crippen LogP) is 3.81. The number of anilines is 1. The lowest BCUT2D eigenvalue weighted by atomic mass is 10.0. The number of halogens is 2. The highest BCUT2D eigenvalue weighted by Crippen LogP contribution is 2.22. The van der Waals surface area contributed by atoms with Crippen molar-refractivity contribution in [2.24, 2.45) is 0 Å². The van der Waals surface area contributed by atoms with E-state index in [1.807, 2.05) is 0 Å². The van der Waals surface area contributed by atoms with Crippen LogP contribution in [-0.4, -0.2) is 5.78 Å². The third-order valence-corrected chi connectivity index (χ3v) is 2.92. The van der Waals surface area contributed by atoms with Crippen LogP contribution in [0.2, 0.25) is 10.0 Å². The molecular formula is C13H9Cl2NO. The maximum Gasteiger partial charge on any atom is 0.194 e. The Kier molecular flexibility index (Phi) is 3.36. The zero-order valence-corrected chi connectivity index (χ0v) is 10.3. The maximum absolute atomic E-state index is 12.1. The fourth-order valence-corrected chi connectivity index (χ4v) is 1.80. The third-order valence-electron chi connectivity index (χ3n) is 2.34. The molecule has 0 saturated heterocycles. The molecule has 0 heterocycles. The fourth-order valence-electron chi connectivity index (χ4n) is 1.47. The molecule has 0 unspecified atom stereocenters. The Morgan fingerprint density at radius 2 is 1.65 bits per heavy atom. The minimum absolute atomic E-state index is 0.168. The van der Waals surface area contributed by atoms with Crippen LogP contribution in [0.1, 0.15) is 15.9 Å². The van der Waals surface area contributed by atoms with Gasteiger partial charge in [-0.25, -0.2) is 0 Å². The summed E-state index contributed by atoms with van der Waals surface area (Å²) in [4.78, 5) is 12.1. The SMILES string of the molecule is Nc1ccc(Cl)c(C(=O)c2ccc(Cl)cc2)c1. The molecule has 0 spiro atoms. The van der Waals surface area contributed by atoms with Crippen LogP contribution < -0.4 is 5.73 Å². The number of hydrogen-bond acceptors (Lipinski definition) is 2. The fraction of sp³-hybridized carbons (Fsp3) is 0. The molecule has 2 rings (SSSR count). The van der Waals surface area contributed by atoms with E-state index >= 15 is 0 Å². The van der Waals surface area contributed by atoms with Crippen LogP contribution in [0.4, 0.5) is 5.69 Å². The van der Waals surface area contributed by atoms with Crippen LogP contribution in [-0.2, 0) is 0 Å². The van der Waals surface area contributed by atoms with Crippen molar-refractivity contribution in [1.82, 2.24) is 0 Å². The lowest BCUT2D eigenvalue weighted by Crippen LogP contribution is -2.03. The molecule has 2 aromatic rings. The number of rotatable bonds is 2. The number of nitrogen functional groups attached to an aromatic ring is 1. The largest absolute Gasteiger partial charge is 0.399 e. The maximum atomic E-state index is 12.1. The standard InChI is InChI=1S/C13H9Cl2NO/c14-9-3-1-8(2-4-9)13(17)11-7-10(16)5-6-12(11)15/h1-7H,16H2. The second kappa shape index (κ2) is 4.78. The first-order valence-electron chi connectivity index (χ1n) is 4.93. The van der Waals surface area contributed by atoms with E-state index in [2.05, 4.69) is 0 Å². The molecule has 0 fully saturated rings. The first-order valence-corrected chi connectivity index (χ1v) is 5.69. The Morgan fingerprint density at radius 3 is 2.29 bits per heavy atom. The van der Waals surface area contributed by atoms with Gasteiger partial charge in [0.15, 0.2) is 5.78 Å². The minimum atomic E-state index is -0.168. The van der Waals surface area contributed by atoms with Crippen molar-refractivity contribution in [1.29, 1.82) is 0 Å². The van der Waals surface area contributed by atoms with E-state index in [0.717, 1.165) is 0 Å². The quantitative estimate of drug-likeness (QED) is 0.663. The van der Waals surface area contributed by atoms with Gasteiger partial charge >= 0.3 is 0 Å². The molecule has 0 atom stereocenters. The van der Waals surface area contributed by atoms with Gasteiger partial charge < -0.3 is 5.73 Å². The van der Waals surface area contributed by atoms with E-state index in [-0.39, 0.29) is 5.78 Å². The van der Waals surface area contributed by atoms with E-state index < -0.39 is 0 Å². The first kappa shape index (κ1) is 12.0. The van der Waals surface area contributed by atoms with E-state index in [0.29, 0.717) is 26.9 Å². The van der Waals surface area contributed by atoms with Gasteiger partial charge in [0.1, 0.15) is 0 Å². The molecule has 0 amide bonds. The third kappa shape index (κ3) is 2.60. The highest BCUT2D eigenvalue weighted by Gasteiger charge is 2.12. The van der Waals surface area contributed by atoms with E-state index in [1.54, 1.807) is 42.5 Å². The van der Waals surface area contributed by atoms with Crippen molar-refractivity contribution in [2.75, 3.05) is 5.73 Å². The van der Waals surface area contributed by atoms with Crippen LogP contribution in [0, 0.1) is 0 Å². The van der Waals surface area contributed by atoms with Gasteiger partial charge in [-0.2, -0.15) is 0 Å². The van der Waals surface area contributed by atoms with Gasteiger partial charge in [-0.3, -0.25) is 4.79 Å². The van der Waals surface area contributed by atoms with Crippen molar-refractivity contribution >= 4 is 34.7 Å². The summed E-state index contributed by atoms with van der Waals surface area (Å²) in [6.45, 7) is 0. The van der Waals surface area contributed by atoms with Crippen LogP contribution in [0.25, 0.3) is 0 Å². The average molecular weight is 266 g/mol. The van der Waals surface area contributed by atoms with Gasteiger partial charge in [-0.15, -0.1) is 0 Å². The Hall–Kier alpha value is -1.51. The molecule has 0 aliphatic rings. The molecule has 2 aromatic carbocycles. The van der Waals surface area contributed by atoms with Crippen molar-refractivity contribution in [3.63, 3.8) is 0 Å². The predicted molar refractivity (Wildman–Crippen MR) is 70.7 cm³/mol. The summed E-state index contributed by atoms with van der Waals surface area (Å²) < 4.78 is 0. The zero-order valence-electron chi connectivity index (χ0n) is 8.78. The lowest BCUT2D eigenvalue weighted by Gasteiger charge is -2.05. The van der Waals surface area contributed by atoms with Crippen LogP contribution >= 0.6 is 23.2 Å². The number of nitrogens with two attached hydrogens (primary N) is 1. The molecule has 0 aliphatic heterocycles. The summed E-state index contributed by atoms with van der Waals surface area (Å²) in [6, 6.07) is 11.5. The van der Waals surface area contributed by atoms with Gasteiger partial charge in [-0.05, 0) is 42.5 Å². The second-order valence-electron chi connectivity index (χ2n) is 3.58.